The summed E-state index contributed by atoms with van der Waals surface area (Å²) in [7, 11) is 1.52. The smallest absolute Gasteiger partial charge is 0.302 e. The van der Waals surface area contributed by atoms with Crippen molar-refractivity contribution in [2.45, 2.75) is 6.18 Å². The summed E-state index contributed by atoms with van der Waals surface area (Å²) in [5.74, 6) is 0. The first kappa shape index (κ1) is 15.8. The van der Waals surface area contributed by atoms with E-state index in [1.165, 1.54) is 24.1 Å². The number of halogens is 5. The number of nitrogens with zero attached hydrogens (tertiary/aromatic N) is 4. The molecule has 0 radical (unpaired) electrons. The summed E-state index contributed by atoms with van der Waals surface area (Å²) in [5.41, 5.74) is -1.15. The first-order valence-electron chi connectivity index (χ1n) is 6.16. The summed E-state index contributed by atoms with van der Waals surface area (Å²) in [5, 5.41) is 3.66. The van der Waals surface area contributed by atoms with Crippen molar-refractivity contribution < 1.29 is 13.2 Å². The lowest BCUT2D eigenvalue weighted by atomic mass is 10.2. The molecule has 0 saturated carbocycles. The molecule has 5 nitrogen and oxygen atoms in total. The first-order chi connectivity index (χ1) is 10.7. The fourth-order valence-electron chi connectivity index (χ4n) is 2.10. The fourth-order valence-corrected chi connectivity index (χ4v) is 2.74. The van der Waals surface area contributed by atoms with E-state index in [1.54, 1.807) is 0 Å². The second-order valence-corrected chi connectivity index (χ2v) is 5.55. The summed E-state index contributed by atoms with van der Waals surface area (Å²) in [6.07, 6.45) is -2.05. The van der Waals surface area contributed by atoms with Crippen molar-refractivity contribution in [1.29, 1.82) is 0 Å². The third-order valence-electron chi connectivity index (χ3n) is 3.20. The van der Waals surface area contributed by atoms with Gasteiger partial charge in [0.2, 0.25) is 0 Å². The SMILES string of the molecule is Cn1cnc2c(cnn2-c2c(Cl)cc(C(F)(F)F)cc2Cl)c1=O. The molecule has 3 aromatic rings. The first-order valence-corrected chi connectivity index (χ1v) is 6.91. The van der Waals surface area contributed by atoms with E-state index in [2.05, 4.69) is 10.1 Å². The highest BCUT2D eigenvalue weighted by atomic mass is 35.5. The van der Waals surface area contributed by atoms with E-state index >= 15 is 0 Å². The Labute approximate surface area is 136 Å². The van der Waals surface area contributed by atoms with Crippen molar-refractivity contribution in [1.82, 2.24) is 19.3 Å². The van der Waals surface area contributed by atoms with Gasteiger partial charge in [-0.3, -0.25) is 4.79 Å². The van der Waals surface area contributed by atoms with Crippen molar-refractivity contribution in [3.05, 3.63) is 50.6 Å². The minimum Gasteiger partial charge on any atom is -0.302 e. The van der Waals surface area contributed by atoms with Gasteiger partial charge in [0.05, 0.1) is 28.1 Å². The maximum atomic E-state index is 12.8. The molecule has 0 fully saturated rings. The van der Waals surface area contributed by atoms with Gasteiger partial charge in [0, 0.05) is 7.05 Å². The summed E-state index contributed by atoms with van der Waals surface area (Å²) >= 11 is 11.9. The maximum Gasteiger partial charge on any atom is 0.416 e. The Balaban J connectivity index is 2.28. The Morgan fingerprint density at radius 2 is 1.78 bits per heavy atom. The number of alkyl halides is 3. The average molecular weight is 363 g/mol. The normalized spacial score (nSPS) is 12.1. The van der Waals surface area contributed by atoms with Crippen LogP contribution in [0.25, 0.3) is 16.7 Å². The molecule has 0 aliphatic carbocycles. The molecule has 0 unspecified atom stereocenters. The van der Waals surface area contributed by atoms with Gasteiger partial charge in [-0.15, -0.1) is 0 Å². The van der Waals surface area contributed by atoms with Gasteiger partial charge in [-0.1, -0.05) is 23.2 Å². The van der Waals surface area contributed by atoms with Crippen LogP contribution >= 0.6 is 23.2 Å². The van der Waals surface area contributed by atoms with E-state index in [0.717, 1.165) is 16.8 Å². The van der Waals surface area contributed by atoms with Crippen molar-refractivity contribution in [2.24, 2.45) is 7.05 Å². The monoisotopic (exact) mass is 362 g/mol. The number of aromatic nitrogens is 4. The summed E-state index contributed by atoms with van der Waals surface area (Å²) < 4.78 is 40.7. The predicted molar refractivity (Wildman–Crippen MR) is 79.1 cm³/mol. The van der Waals surface area contributed by atoms with Gasteiger partial charge >= 0.3 is 6.18 Å². The highest BCUT2D eigenvalue weighted by Crippen LogP contribution is 2.37. The highest BCUT2D eigenvalue weighted by molar-refractivity contribution is 6.38. The van der Waals surface area contributed by atoms with E-state index in [9.17, 15) is 18.0 Å². The van der Waals surface area contributed by atoms with Gasteiger partial charge < -0.3 is 4.57 Å². The molecule has 10 heteroatoms. The van der Waals surface area contributed by atoms with Crippen molar-refractivity contribution in [3.63, 3.8) is 0 Å². The third-order valence-corrected chi connectivity index (χ3v) is 3.78. The van der Waals surface area contributed by atoms with Crippen LogP contribution in [-0.4, -0.2) is 19.3 Å². The van der Waals surface area contributed by atoms with Gasteiger partial charge in [-0.2, -0.15) is 18.3 Å². The third kappa shape index (κ3) is 2.57. The summed E-state index contributed by atoms with van der Waals surface area (Å²) in [4.78, 5) is 16.0. The molecule has 0 aliphatic heterocycles. The zero-order valence-electron chi connectivity index (χ0n) is 11.4. The zero-order valence-corrected chi connectivity index (χ0v) is 12.9. The van der Waals surface area contributed by atoms with Gasteiger partial charge in [-0.05, 0) is 12.1 Å². The van der Waals surface area contributed by atoms with Crippen LogP contribution in [0.15, 0.2) is 29.5 Å². The van der Waals surface area contributed by atoms with Gasteiger partial charge in [-0.25, -0.2) is 9.67 Å². The van der Waals surface area contributed by atoms with Crippen LogP contribution in [0.4, 0.5) is 13.2 Å². The molecule has 3 rings (SSSR count). The van der Waals surface area contributed by atoms with Gasteiger partial charge in [0.25, 0.3) is 5.56 Å². The molecule has 120 valence electrons. The van der Waals surface area contributed by atoms with Crippen molar-refractivity contribution >= 4 is 34.2 Å². The minimum atomic E-state index is -4.58. The fraction of sp³-hybridized carbons (Fsp3) is 0.154. The predicted octanol–water partition coefficient (Wildman–Crippen LogP) is 3.44. The van der Waals surface area contributed by atoms with E-state index in [0.29, 0.717) is 0 Å². The van der Waals surface area contributed by atoms with Crippen molar-refractivity contribution in [2.75, 3.05) is 0 Å². The Morgan fingerprint density at radius 3 is 2.35 bits per heavy atom. The number of fused-ring (bicyclic) bond motifs is 1. The summed E-state index contributed by atoms with van der Waals surface area (Å²) in [6, 6.07) is 1.49. The Bertz CT molecular complexity index is 954. The molecule has 0 N–H and O–H groups in total. The molecule has 1 aromatic carbocycles. The number of aryl methyl sites for hydroxylation is 1. The Hall–Kier alpha value is -2.06. The standard InChI is InChI=1S/C13H7Cl2F3N4O/c1-21-5-19-11-7(12(21)23)4-20-22(11)10-8(14)2-6(3-9(10)15)13(16,17)18/h2-5H,1H3. The van der Waals surface area contributed by atoms with Crippen LogP contribution in [0.5, 0.6) is 0 Å². The maximum absolute atomic E-state index is 12.8. The minimum absolute atomic E-state index is 0.0251. The lowest BCUT2D eigenvalue weighted by molar-refractivity contribution is -0.137. The molecule has 2 aromatic heterocycles. The molecule has 0 bridgehead atoms. The van der Waals surface area contributed by atoms with Crippen molar-refractivity contribution in [3.8, 4) is 5.69 Å². The lowest BCUT2D eigenvalue weighted by Crippen LogP contribution is -2.16. The molecule has 0 aliphatic rings. The van der Waals surface area contributed by atoms with Gasteiger partial charge in [0.1, 0.15) is 11.1 Å². The molecule has 0 saturated heterocycles. The highest BCUT2D eigenvalue weighted by Gasteiger charge is 2.32. The van der Waals surface area contributed by atoms with Crippen LogP contribution in [0.3, 0.4) is 0 Å². The molecule has 0 atom stereocenters. The number of hydrogen-bond acceptors (Lipinski definition) is 3. The second-order valence-electron chi connectivity index (χ2n) is 4.74. The zero-order chi connectivity index (χ0) is 16.9. The van der Waals surface area contributed by atoms with Gasteiger partial charge in [0.15, 0.2) is 5.65 Å². The average Bonchev–Trinajstić information content (AvgIpc) is 2.86. The molecule has 2 heterocycles. The largest absolute Gasteiger partial charge is 0.416 e. The number of benzene rings is 1. The Morgan fingerprint density at radius 1 is 1.17 bits per heavy atom. The van der Waals surface area contributed by atoms with Crippen LogP contribution in [-0.2, 0) is 13.2 Å². The molecule has 23 heavy (non-hydrogen) atoms. The Kier molecular flexibility index (Phi) is 3.61. The number of rotatable bonds is 1. The van der Waals surface area contributed by atoms with E-state index in [1.807, 2.05) is 0 Å². The summed E-state index contributed by atoms with van der Waals surface area (Å²) in [6.45, 7) is 0. The van der Waals surface area contributed by atoms with E-state index < -0.39 is 11.7 Å². The topological polar surface area (TPSA) is 52.7 Å². The molecule has 0 spiro atoms. The quantitative estimate of drug-likeness (QED) is 0.666. The van der Waals surface area contributed by atoms with E-state index in [-0.39, 0.29) is 32.3 Å². The van der Waals surface area contributed by atoms with Crippen LogP contribution in [0.2, 0.25) is 10.0 Å². The second kappa shape index (κ2) is 5.24. The van der Waals surface area contributed by atoms with Crippen LogP contribution in [0.1, 0.15) is 5.56 Å². The molecule has 0 amide bonds. The molecular weight excluding hydrogens is 356 g/mol. The van der Waals surface area contributed by atoms with Crippen LogP contribution in [0, 0.1) is 0 Å². The molecular formula is C13H7Cl2F3N4O. The van der Waals surface area contributed by atoms with E-state index in [4.69, 9.17) is 23.2 Å². The van der Waals surface area contributed by atoms with Crippen LogP contribution < -0.4 is 5.56 Å². The lowest BCUT2D eigenvalue weighted by Gasteiger charge is -2.12. The number of hydrogen-bond donors (Lipinski definition) is 0.